The third-order valence-electron chi connectivity index (χ3n) is 10.6. The number of aromatic nitrogens is 2. The lowest BCUT2D eigenvalue weighted by Gasteiger charge is -2.60. The van der Waals surface area contributed by atoms with Gasteiger partial charge in [0.05, 0.1) is 23.7 Å². The van der Waals surface area contributed by atoms with Crippen molar-refractivity contribution in [2.75, 3.05) is 6.61 Å². The van der Waals surface area contributed by atoms with E-state index in [9.17, 15) is 20.1 Å². The van der Waals surface area contributed by atoms with Crippen LogP contribution < -0.4 is 0 Å². The van der Waals surface area contributed by atoms with Crippen molar-refractivity contribution in [3.8, 4) is 5.69 Å². The van der Waals surface area contributed by atoms with Gasteiger partial charge in [0.25, 0.3) is 0 Å². The largest absolute Gasteiger partial charge is 0.393 e. The van der Waals surface area contributed by atoms with Gasteiger partial charge in [-0.25, -0.2) is 4.68 Å². The number of benzene rings is 1. The fraction of sp³-hybridized carbons (Fsp3) is 0.586. The Labute approximate surface area is 220 Å². The molecule has 0 saturated heterocycles. The van der Waals surface area contributed by atoms with Gasteiger partial charge in [-0.3, -0.25) is 4.79 Å². The molecule has 4 aliphatic rings. The predicted molar refractivity (Wildman–Crippen MR) is 140 cm³/mol. The van der Waals surface area contributed by atoms with Gasteiger partial charge < -0.3 is 15.3 Å². The van der Waals surface area contributed by atoms with E-state index in [2.05, 4.69) is 41.1 Å². The van der Waals surface area contributed by atoms with Crippen LogP contribution >= 0.6 is 15.9 Å². The molecule has 6 nitrogen and oxygen atoms in total. The van der Waals surface area contributed by atoms with Gasteiger partial charge in [-0.2, -0.15) is 5.10 Å². The normalized spacial score (nSPS) is 41.1. The van der Waals surface area contributed by atoms with E-state index in [-0.39, 0.29) is 29.1 Å². The molecule has 1 aromatic heterocycles. The first-order valence-electron chi connectivity index (χ1n) is 13.1. The average molecular weight is 556 g/mol. The maximum Gasteiger partial charge on any atom is 0.190 e. The number of hydrogen-bond acceptors (Lipinski definition) is 5. The Hall–Kier alpha value is -1.80. The highest BCUT2D eigenvalue weighted by Crippen LogP contribution is 2.68. The van der Waals surface area contributed by atoms with Gasteiger partial charge in [-0.15, -0.1) is 0 Å². The first-order valence-corrected chi connectivity index (χ1v) is 13.9. The second kappa shape index (κ2) is 8.10. The van der Waals surface area contributed by atoms with Crippen molar-refractivity contribution in [3.05, 3.63) is 51.8 Å². The Balaban J connectivity index is 1.38. The zero-order valence-electron chi connectivity index (χ0n) is 21.1. The van der Waals surface area contributed by atoms with Crippen LogP contribution in [0.4, 0.5) is 0 Å². The Morgan fingerprint density at radius 3 is 2.67 bits per heavy atom. The van der Waals surface area contributed by atoms with Crippen LogP contribution in [0.15, 0.2) is 40.5 Å². The third-order valence-corrected chi connectivity index (χ3v) is 11.2. The molecule has 1 aromatic carbocycles. The van der Waals surface area contributed by atoms with E-state index in [1.165, 1.54) is 11.1 Å². The lowest BCUT2D eigenvalue weighted by Crippen LogP contribution is -2.63. The Kier molecular flexibility index (Phi) is 5.52. The predicted octanol–water partition coefficient (Wildman–Crippen LogP) is 4.33. The molecule has 0 spiro atoms. The van der Waals surface area contributed by atoms with Gasteiger partial charge in [-0.1, -0.05) is 42.3 Å². The molecular weight excluding hydrogens is 520 g/mol. The van der Waals surface area contributed by atoms with E-state index in [0.29, 0.717) is 6.42 Å². The molecular formula is C29H35BrN2O4. The van der Waals surface area contributed by atoms with Crippen LogP contribution in [0.2, 0.25) is 0 Å². The molecule has 3 saturated carbocycles. The fourth-order valence-corrected chi connectivity index (χ4v) is 9.29. The quantitative estimate of drug-likeness (QED) is 0.525. The van der Waals surface area contributed by atoms with Gasteiger partial charge in [0.2, 0.25) is 0 Å². The summed E-state index contributed by atoms with van der Waals surface area (Å²) in [5.74, 6) is -0.349. The molecule has 0 amide bonds. The maximum absolute atomic E-state index is 12.8. The molecule has 3 fully saturated rings. The minimum Gasteiger partial charge on any atom is -0.393 e. The second-order valence-corrected chi connectivity index (χ2v) is 13.1. The maximum atomic E-state index is 12.8. The number of halogens is 1. The number of ketones is 1. The van der Waals surface area contributed by atoms with Crippen LogP contribution in [0.1, 0.15) is 57.7 Å². The standard InChI is InChI=1S/C29H35BrN2O4/c1-16-10-22-21-9-4-18-11-23-17(14-31-32(23)20-7-5-19(30)6-8-20)12-27(18,2)26(21)24(34)13-28(22,3)29(16,36)25(35)15-33/h5-8,11,14,16,21-22,24,26,33-34,36H,4,9-10,12-13,15H2,1-3H3/t16-,21+,22+,24+,26-,27+,28+,29+/m1/s1. The zero-order chi connectivity index (χ0) is 25.6. The van der Waals surface area contributed by atoms with E-state index < -0.39 is 29.5 Å². The Bertz CT molecular complexity index is 1250. The van der Waals surface area contributed by atoms with E-state index in [4.69, 9.17) is 5.10 Å². The van der Waals surface area contributed by atoms with Crippen LogP contribution in [0, 0.1) is 34.5 Å². The summed E-state index contributed by atoms with van der Waals surface area (Å²) >= 11 is 3.51. The fourth-order valence-electron chi connectivity index (χ4n) is 9.02. The lowest BCUT2D eigenvalue weighted by atomic mass is 9.45. The van der Waals surface area contributed by atoms with E-state index in [1.54, 1.807) is 0 Å². The molecule has 4 aliphatic carbocycles. The summed E-state index contributed by atoms with van der Waals surface area (Å²) in [5.41, 5.74) is 2.17. The number of rotatable bonds is 3. The van der Waals surface area contributed by atoms with Crippen molar-refractivity contribution in [1.82, 2.24) is 9.78 Å². The molecule has 8 atom stereocenters. The summed E-state index contributed by atoms with van der Waals surface area (Å²) in [4.78, 5) is 12.8. The van der Waals surface area contributed by atoms with Crippen molar-refractivity contribution < 1.29 is 20.1 Å². The number of carbonyl (C=O) groups excluding carboxylic acids is 1. The molecule has 3 N–H and O–H groups in total. The summed E-state index contributed by atoms with van der Waals surface area (Å²) in [5, 5.41) is 37.8. The number of allylic oxidation sites excluding steroid dienone is 1. The smallest absolute Gasteiger partial charge is 0.190 e. The van der Waals surface area contributed by atoms with E-state index in [0.717, 1.165) is 41.5 Å². The summed E-state index contributed by atoms with van der Waals surface area (Å²) in [6.07, 6.45) is 7.44. The minimum absolute atomic E-state index is 0.0542. The molecule has 0 radical (unpaired) electrons. The number of fused-ring (bicyclic) bond motifs is 6. The number of aliphatic hydroxyl groups excluding tert-OH is 2. The van der Waals surface area contributed by atoms with Crippen molar-refractivity contribution in [1.29, 1.82) is 0 Å². The van der Waals surface area contributed by atoms with Crippen LogP contribution in [0.25, 0.3) is 11.8 Å². The van der Waals surface area contributed by atoms with E-state index in [1.807, 2.05) is 36.9 Å². The number of nitrogens with zero attached hydrogens (tertiary/aromatic N) is 2. The van der Waals surface area contributed by atoms with Crippen LogP contribution in [-0.2, 0) is 11.2 Å². The number of carbonyl (C=O) groups is 1. The zero-order valence-corrected chi connectivity index (χ0v) is 22.7. The molecule has 36 heavy (non-hydrogen) atoms. The van der Waals surface area contributed by atoms with Crippen molar-refractivity contribution >= 4 is 27.8 Å². The molecule has 192 valence electrons. The molecule has 6 rings (SSSR count). The number of Topliss-reactive ketones (excluding diaryl/α,β-unsaturated/α-hetero) is 1. The SMILES string of the molecule is C[C@@H]1C[C@H]2[C@@H]3CCC4=Cc5c(cnn5-c5ccc(Br)cc5)C[C@]4(C)[C@H]3[C@@H](O)C[C@]2(C)[C@@]1(O)C(=O)CO. The summed E-state index contributed by atoms with van der Waals surface area (Å²) < 4.78 is 3.04. The van der Waals surface area contributed by atoms with Crippen LogP contribution in [0.5, 0.6) is 0 Å². The van der Waals surface area contributed by atoms with Gasteiger partial charge in [-0.05, 0) is 97.1 Å². The molecule has 0 unspecified atom stereocenters. The summed E-state index contributed by atoms with van der Waals surface area (Å²) in [7, 11) is 0. The summed E-state index contributed by atoms with van der Waals surface area (Å²) in [6.45, 7) is 5.54. The molecule has 7 heteroatoms. The van der Waals surface area contributed by atoms with Crippen LogP contribution in [-0.4, -0.2) is 49.2 Å². The van der Waals surface area contributed by atoms with Gasteiger partial charge in [0.15, 0.2) is 5.78 Å². The van der Waals surface area contributed by atoms with Gasteiger partial charge in [0, 0.05) is 9.89 Å². The number of aliphatic hydroxyl groups is 3. The average Bonchev–Trinajstić information content (AvgIpc) is 3.33. The monoisotopic (exact) mass is 554 g/mol. The Morgan fingerprint density at radius 2 is 1.97 bits per heavy atom. The van der Waals surface area contributed by atoms with Crippen molar-refractivity contribution in [2.45, 2.75) is 64.6 Å². The highest BCUT2D eigenvalue weighted by atomic mass is 79.9. The third kappa shape index (κ3) is 3.06. The molecule has 0 aliphatic heterocycles. The van der Waals surface area contributed by atoms with E-state index >= 15 is 0 Å². The minimum atomic E-state index is -1.60. The van der Waals surface area contributed by atoms with Crippen LogP contribution in [0.3, 0.4) is 0 Å². The second-order valence-electron chi connectivity index (χ2n) is 12.2. The first kappa shape index (κ1) is 24.5. The lowest BCUT2D eigenvalue weighted by molar-refractivity contribution is -0.186. The van der Waals surface area contributed by atoms with Gasteiger partial charge >= 0.3 is 0 Å². The van der Waals surface area contributed by atoms with Crippen molar-refractivity contribution in [3.63, 3.8) is 0 Å². The van der Waals surface area contributed by atoms with Crippen molar-refractivity contribution in [2.24, 2.45) is 34.5 Å². The first-order chi connectivity index (χ1) is 17.0. The Morgan fingerprint density at radius 1 is 1.25 bits per heavy atom. The van der Waals surface area contributed by atoms with Gasteiger partial charge in [0.1, 0.15) is 12.2 Å². The molecule has 1 heterocycles. The molecule has 0 bridgehead atoms. The highest BCUT2D eigenvalue weighted by Gasteiger charge is 2.70. The topological polar surface area (TPSA) is 95.6 Å². The highest BCUT2D eigenvalue weighted by molar-refractivity contribution is 9.10. The molecule has 2 aromatic rings. The number of hydrogen-bond donors (Lipinski definition) is 3. The summed E-state index contributed by atoms with van der Waals surface area (Å²) in [6, 6.07) is 8.16.